The van der Waals surface area contributed by atoms with E-state index in [0.29, 0.717) is 34.0 Å². The second-order valence-corrected chi connectivity index (χ2v) is 22.1. The Morgan fingerprint density at radius 1 is 0.432 bits per heavy atom. The van der Waals surface area contributed by atoms with Crippen LogP contribution in [0, 0.1) is 0 Å². The van der Waals surface area contributed by atoms with Gasteiger partial charge in [0.05, 0.1) is 0 Å². The summed E-state index contributed by atoms with van der Waals surface area (Å²) >= 11 is 0. The van der Waals surface area contributed by atoms with Crippen LogP contribution < -0.4 is 56.6 Å². The van der Waals surface area contributed by atoms with Crippen molar-refractivity contribution < 1.29 is 66.1 Å². The molecule has 2 aliphatic heterocycles. The standard InChI is InChI=1S/C24H54N4P3.2C4H8O.3Li/c1-19(2)29(20(3)4)25-13-16-28(17-14-26-30(21(5)6)22(7)8)18-15-27-31(23(9)10)24(11)12;2*1-2-4-5-3-1;;;/h19-24H,13-18H2,1-12H3;2*1-4H2;;;/q-3;;;3*+1. The first-order chi connectivity index (χ1) is 19.4. The number of hydrogen-bond acceptors (Lipinski definition) is 3. The van der Waals surface area contributed by atoms with Crippen LogP contribution in [0.1, 0.15) is 109 Å². The van der Waals surface area contributed by atoms with E-state index in [1.54, 1.807) is 0 Å². The molecule has 0 amide bonds. The average Bonchev–Trinajstić information content (AvgIpc) is 3.64. The average molecular weight is 657 g/mol. The van der Waals surface area contributed by atoms with Crippen molar-refractivity contribution in [1.29, 1.82) is 0 Å². The van der Waals surface area contributed by atoms with Gasteiger partial charge in [0, 0.05) is 26.4 Å². The molecule has 2 saturated heterocycles. The Morgan fingerprint density at radius 2 is 0.636 bits per heavy atom. The molecule has 6 nitrogen and oxygen atoms in total. The molecular weight excluding hydrogens is 586 g/mol. The molecule has 0 unspecified atom stereocenters. The summed E-state index contributed by atoms with van der Waals surface area (Å²) in [5.74, 6) is 0. The van der Waals surface area contributed by atoms with Crippen molar-refractivity contribution in [3.8, 4) is 0 Å². The van der Waals surface area contributed by atoms with Gasteiger partial charge in [0.15, 0.2) is 0 Å². The van der Waals surface area contributed by atoms with E-state index in [1.165, 1.54) is 25.7 Å². The van der Waals surface area contributed by atoms with Crippen LogP contribution in [-0.4, -0.2) is 105 Å². The normalized spacial score (nSPS) is 14.9. The first kappa shape index (κ1) is 53.6. The maximum Gasteiger partial charge on any atom is 1.00 e. The monoisotopic (exact) mass is 657 g/mol. The summed E-state index contributed by atoms with van der Waals surface area (Å²) in [6, 6.07) is 0. The topological polar surface area (TPSA) is 64.0 Å². The minimum Gasteiger partial charge on any atom is -0.635 e. The van der Waals surface area contributed by atoms with Gasteiger partial charge in [-0.3, -0.25) is 0 Å². The Hall–Kier alpha value is 2.84. The number of ether oxygens (including phenoxy) is 2. The van der Waals surface area contributed by atoms with Gasteiger partial charge >= 0.3 is 56.6 Å². The van der Waals surface area contributed by atoms with E-state index in [0.717, 1.165) is 65.7 Å². The van der Waals surface area contributed by atoms with E-state index in [4.69, 9.17) is 24.7 Å². The smallest absolute Gasteiger partial charge is 0.635 e. The maximum atomic E-state index is 5.13. The van der Waals surface area contributed by atoms with Crippen LogP contribution in [0.25, 0.3) is 15.3 Å². The molecule has 0 N–H and O–H groups in total. The van der Waals surface area contributed by atoms with Crippen molar-refractivity contribution in [3.63, 3.8) is 0 Å². The summed E-state index contributed by atoms with van der Waals surface area (Å²) in [4.78, 5) is 2.58. The summed E-state index contributed by atoms with van der Waals surface area (Å²) in [5.41, 5.74) is 4.05. The van der Waals surface area contributed by atoms with Gasteiger partial charge in [-0.2, -0.15) is 0 Å². The molecule has 0 aromatic heterocycles. The molecule has 2 heterocycles. The molecule has 0 aromatic rings. The van der Waals surface area contributed by atoms with Crippen LogP contribution >= 0.6 is 24.2 Å². The van der Waals surface area contributed by atoms with Gasteiger partial charge in [-0.15, -0.1) is 19.6 Å². The molecule has 0 aromatic carbocycles. The second-order valence-electron chi connectivity index (χ2n) is 12.8. The third kappa shape index (κ3) is 28.7. The van der Waals surface area contributed by atoms with E-state index in [9.17, 15) is 0 Å². The zero-order valence-corrected chi connectivity index (χ0v) is 35.0. The van der Waals surface area contributed by atoms with Crippen LogP contribution in [0.3, 0.4) is 0 Å². The Balaban J connectivity index is -0.000000513. The third-order valence-electron chi connectivity index (χ3n) is 6.87. The quantitative estimate of drug-likeness (QED) is 0.167. The van der Waals surface area contributed by atoms with Crippen molar-refractivity contribution >= 4 is 24.2 Å². The molecule has 0 atom stereocenters. The van der Waals surface area contributed by atoms with E-state index in [2.05, 4.69) is 88.0 Å². The molecule has 0 bridgehead atoms. The molecule has 2 aliphatic rings. The summed E-state index contributed by atoms with van der Waals surface area (Å²) in [6.07, 6.45) is 5.11. The van der Waals surface area contributed by atoms with E-state index in [-0.39, 0.29) is 80.8 Å². The van der Waals surface area contributed by atoms with Crippen LogP contribution in [0.4, 0.5) is 0 Å². The van der Waals surface area contributed by atoms with Crippen LogP contribution in [0.15, 0.2) is 0 Å². The molecule has 2 fully saturated rings. The maximum absolute atomic E-state index is 5.13. The second kappa shape index (κ2) is 34.3. The van der Waals surface area contributed by atoms with Crippen molar-refractivity contribution in [1.82, 2.24) is 4.90 Å². The fourth-order valence-corrected chi connectivity index (χ4v) is 11.5. The van der Waals surface area contributed by atoms with Crippen LogP contribution in [0.2, 0.25) is 0 Å². The number of hydrogen-bond donors (Lipinski definition) is 0. The summed E-state index contributed by atoms with van der Waals surface area (Å²) < 4.78 is 9.89. The van der Waals surface area contributed by atoms with Crippen LogP contribution in [-0.2, 0) is 9.47 Å². The molecule has 0 radical (unpaired) electrons. The summed E-state index contributed by atoms with van der Waals surface area (Å²) in [5, 5.41) is 15.4. The Bertz CT molecular complexity index is 480. The number of nitrogens with zero attached hydrogens (tertiary/aromatic N) is 4. The first-order valence-corrected chi connectivity index (χ1v) is 20.9. The SMILES string of the molecule is C1CCOC1.C1CCOC1.CC(C)P([N-]CCN(CC[N-]P(C(C)C)C(C)C)CC[N-]P(C(C)C)C(C)C)C(C)C.[Li+].[Li+].[Li+]. The third-order valence-corrected chi connectivity index (χ3v) is 14.8. The molecule has 0 spiro atoms. The predicted octanol–water partition coefficient (Wildman–Crippen LogP) is 1.66. The molecule has 2 rings (SSSR count). The fraction of sp³-hybridized carbons (Fsp3) is 1.00. The Morgan fingerprint density at radius 3 is 0.773 bits per heavy atom. The van der Waals surface area contributed by atoms with Crippen molar-refractivity contribution in [2.75, 3.05) is 65.7 Å². The van der Waals surface area contributed by atoms with Crippen molar-refractivity contribution in [2.45, 2.75) is 143 Å². The van der Waals surface area contributed by atoms with Crippen molar-refractivity contribution in [2.24, 2.45) is 0 Å². The van der Waals surface area contributed by atoms with E-state index in [1.807, 2.05) is 0 Å². The number of rotatable bonds is 18. The molecule has 0 aliphatic carbocycles. The van der Waals surface area contributed by atoms with Gasteiger partial charge in [-0.1, -0.05) is 83.1 Å². The first-order valence-electron chi connectivity index (χ1n) is 16.6. The van der Waals surface area contributed by atoms with Gasteiger partial charge in [-0.05, 0) is 79.3 Å². The Labute approximate surface area is 316 Å². The summed E-state index contributed by atoms with van der Waals surface area (Å²) in [7, 11) is -0.697. The van der Waals surface area contributed by atoms with Crippen molar-refractivity contribution in [3.05, 3.63) is 15.3 Å². The molecular formula is C32H70Li3N4O2P3. The zero-order valence-electron chi connectivity index (χ0n) is 32.3. The van der Waals surface area contributed by atoms with E-state index >= 15 is 0 Å². The summed E-state index contributed by atoms with van der Waals surface area (Å²) in [6.45, 7) is 37.9. The molecule has 0 saturated carbocycles. The van der Waals surface area contributed by atoms with Gasteiger partial charge in [0.2, 0.25) is 0 Å². The fourth-order valence-electron chi connectivity index (χ4n) is 5.03. The van der Waals surface area contributed by atoms with E-state index < -0.39 is 0 Å². The van der Waals surface area contributed by atoms with Gasteiger partial charge in [0.25, 0.3) is 0 Å². The van der Waals surface area contributed by atoms with Gasteiger partial charge < -0.3 is 29.6 Å². The minimum atomic E-state index is -0.232. The Kier molecular flexibility index (Phi) is 41.8. The molecule has 12 heteroatoms. The minimum absolute atomic E-state index is 0. The predicted molar refractivity (Wildman–Crippen MR) is 193 cm³/mol. The molecule has 248 valence electrons. The molecule has 44 heavy (non-hydrogen) atoms. The van der Waals surface area contributed by atoms with Crippen LogP contribution in [0.5, 0.6) is 0 Å². The zero-order chi connectivity index (χ0) is 31.2. The van der Waals surface area contributed by atoms with Gasteiger partial charge in [-0.25, -0.2) is 24.2 Å². The largest absolute Gasteiger partial charge is 1.00 e. The van der Waals surface area contributed by atoms with Gasteiger partial charge in [0.1, 0.15) is 0 Å².